The van der Waals surface area contributed by atoms with Gasteiger partial charge in [0, 0.05) is 19.3 Å². The van der Waals surface area contributed by atoms with Crippen LogP contribution in [0.3, 0.4) is 0 Å². The van der Waals surface area contributed by atoms with Crippen molar-refractivity contribution in [2.45, 2.75) is 297 Å². The molecule has 0 spiro atoms. The summed E-state index contributed by atoms with van der Waals surface area (Å²) in [6.07, 6.45) is 69.2. The van der Waals surface area contributed by atoms with E-state index in [0.717, 1.165) is 64.2 Å². The van der Waals surface area contributed by atoms with Crippen molar-refractivity contribution in [2.24, 2.45) is 0 Å². The average Bonchev–Trinajstić information content (AvgIpc) is 3.33. The second kappa shape index (κ2) is 55.7. The van der Waals surface area contributed by atoms with Gasteiger partial charge in [0.1, 0.15) is 13.2 Å². The quantitative estimate of drug-likeness (QED) is 0.0262. The van der Waals surface area contributed by atoms with Gasteiger partial charge in [-0.05, 0) is 83.5 Å². The van der Waals surface area contributed by atoms with Crippen LogP contribution in [-0.2, 0) is 28.6 Å². The summed E-state index contributed by atoms with van der Waals surface area (Å²) >= 11 is 0. The van der Waals surface area contributed by atoms with Gasteiger partial charge < -0.3 is 14.2 Å². The van der Waals surface area contributed by atoms with E-state index in [1.807, 2.05) is 0 Å². The van der Waals surface area contributed by atoms with Gasteiger partial charge in [-0.1, -0.05) is 248 Å². The Morgan fingerprint density at radius 3 is 0.940 bits per heavy atom. The van der Waals surface area contributed by atoms with Crippen LogP contribution in [0, 0.1) is 0 Å². The van der Waals surface area contributed by atoms with Crippen molar-refractivity contribution >= 4 is 17.9 Å². The molecule has 0 aliphatic heterocycles. The van der Waals surface area contributed by atoms with E-state index in [-0.39, 0.29) is 37.5 Å². The van der Waals surface area contributed by atoms with Crippen LogP contribution in [0.2, 0.25) is 0 Å². The second-order valence-electron chi connectivity index (χ2n) is 19.2. The molecule has 0 heterocycles. The topological polar surface area (TPSA) is 78.9 Å². The van der Waals surface area contributed by atoms with Crippen LogP contribution in [0.5, 0.6) is 0 Å². The monoisotopic (exact) mass is 937 g/mol. The Morgan fingerprint density at radius 1 is 0.299 bits per heavy atom. The lowest BCUT2D eigenvalue weighted by Gasteiger charge is -2.18. The molecule has 0 amide bonds. The number of carbonyl (C=O) groups is 3. The fourth-order valence-corrected chi connectivity index (χ4v) is 8.14. The molecule has 0 unspecified atom stereocenters. The molecule has 0 aliphatic carbocycles. The molecule has 0 N–H and O–H groups in total. The number of hydrogen-bond acceptors (Lipinski definition) is 6. The molecule has 0 fully saturated rings. The lowest BCUT2D eigenvalue weighted by Crippen LogP contribution is -2.30. The minimum Gasteiger partial charge on any atom is -0.462 e. The number of carbonyl (C=O) groups excluding carboxylic acids is 3. The van der Waals surface area contributed by atoms with E-state index in [2.05, 4.69) is 81.5 Å². The first-order valence-electron chi connectivity index (χ1n) is 28.8. The average molecular weight is 938 g/mol. The van der Waals surface area contributed by atoms with Crippen LogP contribution in [-0.4, -0.2) is 37.2 Å². The van der Waals surface area contributed by atoms with Crippen molar-refractivity contribution in [1.82, 2.24) is 0 Å². The van der Waals surface area contributed by atoms with Crippen molar-refractivity contribution in [3.05, 3.63) is 60.8 Å². The van der Waals surface area contributed by atoms with Gasteiger partial charge in [0.15, 0.2) is 6.10 Å². The lowest BCUT2D eigenvalue weighted by molar-refractivity contribution is -0.167. The van der Waals surface area contributed by atoms with Crippen LogP contribution in [0.15, 0.2) is 60.8 Å². The Kier molecular flexibility index (Phi) is 53.3. The Labute approximate surface area is 415 Å². The molecule has 0 rings (SSSR count). The number of ether oxygens (including phenoxy) is 3. The molecule has 0 radical (unpaired) electrons. The number of rotatable bonds is 52. The molecule has 0 bridgehead atoms. The number of hydrogen-bond donors (Lipinski definition) is 0. The maximum atomic E-state index is 12.9. The number of allylic oxidation sites excluding steroid dienone is 10. The summed E-state index contributed by atoms with van der Waals surface area (Å²) in [6.45, 7) is 6.59. The molecule has 0 aromatic rings. The van der Waals surface area contributed by atoms with E-state index in [0.29, 0.717) is 19.3 Å². The van der Waals surface area contributed by atoms with Gasteiger partial charge in [-0.2, -0.15) is 0 Å². The smallest absolute Gasteiger partial charge is 0.306 e. The molecule has 1 atom stereocenters. The van der Waals surface area contributed by atoms with Crippen molar-refractivity contribution < 1.29 is 28.6 Å². The van der Waals surface area contributed by atoms with Gasteiger partial charge >= 0.3 is 17.9 Å². The summed E-state index contributed by atoms with van der Waals surface area (Å²) in [5, 5.41) is 0. The molecular weight excluding hydrogens is 829 g/mol. The summed E-state index contributed by atoms with van der Waals surface area (Å²) in [5.74, 6) is -0.941. The van der Waals surface area contributed by atoms with Crippen molar-refractivity contribution in [1.29, 1.82) is 0 Å². The Balaban J connectivity index is 4.45. The van der Waals surface area contributed by atoms with Crippen molar-refractivity contribution in [2.75, 3.05) is 13.2 Å². The van der Waals surface area contributed by atoms with Gasteiger partial charge in [0.25, 0.3) is 0 Å². The minimum atomic E-state index is -0.796. The van der Waals surface area contributed by atoms with E-state index < -0.39 is 6.10 Å². The fourth-order valence-electron chi connectivity index (χ4n) is 8.14. The van der Waals surface area contributed by atoms with E-state index in [9.17, 15) is 14.4 Å². The van der Waals surface area contributed by atoms with Gasteiger partial charge in [-0.25, -0.2) is 0 Å². The normalized spacial score (nSPS) is 12.5. The predicted octanol–water partition coefficient (Wildman–Crippen LogP) is 19.2. The zero-order valence-corrected chi connectivity index (χ0v) is 44.4. The predicted molar refractivity (Wildman–Crippen MR) is 288 cm³/mol. The largest absolute Gasteiger partial charge is 0.462 e. The van der Waals surface area contributed by atoms with Gasteiger partial charge in [-0.3, -0.25) is 14.4 Å². The highest BCUT2D eigenvalue weighted by atomic mass is 16.6. The Morgan fingerprint density at radius 2 is 0.552 bits per heavy atom. The molecule has 0 saturated carbocycles. The standard InChI is InChI=1S/C61H108O6/c1-4-7-10-13-16-19-22-25-28-30-33-36-39-42-45-48-51-54-60(63)66-57-58(56-65-59(62)53-50-47-44-41-38-35-32-27-24-21-18-15-12-9-6-3)67-61(64)55-52-49-46-43-40-37-34-31-29-26-23-20-17-14-11-8-5-2/h16,19,25-26,28-29,33,36,42,45,58H,4-15,17-18,20-24,27,30-32,34-35,37-41,43-44,46-57H2,1-3H3/b19-16-,28-25-,29-26-,36-33-,45-42-/t58-/m1/s1. The first-order chi connectivity index (χ1) is 33.0. The van der Waals surface area contributed by atoms with Gasteiger partial charge in [0.2, 0.25) is 0 Å². The highest BCUT2D eigenvalue weighted by molar-refractivity contribution is 5.71. The summed E-state index contributed by atoms with van der Waals surface area (Å²) in [4.78, 5) is 38.1. The third-order valence-electron chi connectivity index (χ3n) is 12.5. The van der Waals surface area contributed by atoms with Gasteiger partial charge in [0.05, 0.1) is 0 Å². The Hall–Kier alpha value is -2.89. The van der Waals surface area contributed by atoms with Crippen LogP contribution in [0.1, 0.15) is 290 Å². The summed E-state index contributed by atoms with van der Waals surface area (Å²) < 4.78 is 16.8. The molecule has 6 nitrogen and oxygen atoms in total. The first kappa shape index (κ1) is 64.1. The summed E-state index contributed by atoms with van der Waals surface area (Å²) in [7, 11) is 0. The molecule has 67 heavy (non-hydrogen) atoms. The summed E-state index contributed by atoms with van der Waals surface area (Å²) in [6, 6.07) is 0. The molecule has 0 aliphatic rings. The molecule has 0 aromatic carbocycles. The Bertz CT molecular complexity index is 1210. The van der Waals surface area contributed by atoms with E-state index in [1.54, 1.807) is 0 Å². The maximum absolute atomic E-state index is 12.9. The van der Waals surface area contributed by atoms with E-state index in [4.69, 9.17) is 14.2 Å². The first-order valence-corrected chi connectivity index (χ1v) is 28.8. The third-order valence-corrected chi connectivity index (χ3v) is 12.5. The van der Waals surface area contributed by atoms with Crippen LogP contribution < -0.4 is 0 Å². The highest BCUT2D eigenvalue weighted by Crippen LogP contribution is 2.16. The van der Waals surface area contributed by atoms with Crippen molar-refractivity contribution in [3.8, 4) is 0 Å². The second-order valence-corrected chi connectivity index (χ2v) is 19.2. The molecule has 6 heteroatoms. The van der Waals surface area contributed by atoms with Gasteiger partial charge in [-0.15, -0.1) is 0 Å². The van der Waals surface area contributed by atoms with Crippen LogP contribution >= 0.6 is 0 Å². The number of esters is 3. The zero-order valence-electron chi connectivity index (χ0n) is 44.4. The SMILES string of the molecule is CCCCC/C=C\C/C=C\C/C=C\C/C=C\CCCC(=O)OC[C@@H](COC(=O)CCCCCCCCCCCCCCCCC)OC(=O)CCCCCCCCC/C=C\CCCCCCCC. The van der Waals surface area contributed by atoms with Crippen LogP contribution in [0.4, 0.5) is 0 Å². The number of unbranched alkanes of at least 4 members (excludes halogenated alkanes) is 31. The minimum absolute atomic E-state index is 0.0902. The lowest BCUT2D eigenvalue weighted by atomic mass is 10.0. The van der Waals surface area contributed by atoms with E-state index >= 15 is 0 Å². The zero-order chi connectivity index (χ0) is 48.6. The fraction of sp³-hybridized carbons (Fsp3) is 0.787. The highest BCUT2D eigenvalue weighted by Gasteiger charge is 2.19. The molecule has 0 saturated heterocycles. The van der Waals surface area contributed by atoms with Crippen molar-refractivity contribution in [3.63, 3.8) is 0 Å². The molecule has 0 aromatic heterocycles. The van der Waals surface area contributed by atoms with E-state index in [1.165, 1.54) is 180 Å². The molecule has 388 valence electrons. The molecular formula is C61H108O6. The third kappa shape index (κ3) is 53.9. The van der Waals surface area contributed by atoms with Crippen LogP contribution in [0.25, 0.3) is 0 Å². The summed E-state index contributed by atoms with van der Waals surface area (Å²) in [5.41, 5.74) is 0. The maximum Gasteiger partial charge on any atom is 0.306 e.